The van der Waals surface area contributed by atoms with Crippen LogP contribution in [0.5, 0.6) is 0 Å². The van der Waals surface area contributed by atoms with Gasteiger partial charge in [0, 0.05) is 11.4 Å². The Balaban J connectivity index is 1.11. The van der Waals surface area contributed by atoms with E-state index in [1.165, 1.54) is 112 Å². The molecule has 0 fully saturated rings. The van der Waals surface area contributed by atoms with Crippen molar-refractivity contribution < 1.29 is 0 Å². The summed E-state index contributed by atoms with van der Waals surface area (Å²) >= 11 is 0. The Morgan fingerprint density at radius 1 is 0.364 bits per heavy atom. The molecule has 0 aliphatic heterocycles. The third-order valence-corrected chi connectivity index (χ3v) is 9.00. The van der Waals surface area contributed by atoms with E-state index in [2.05, 4.69) is 74.5 Å². The molecule has 0 radical (unpaired) electrons. The number of hydrogen-bond acceptors (Lipinski definition) is 2. The number of anilines is 2. The summed E-state index contributed by atoms with van der Waals surface area (Å²) in [6.45, 7) is 4.58. The zero-order chi connectivity index (χ0) is 31.0. The Morgan fingerprint density at radius 2 is 0.705 bits per heavy atom. The SMILES string of the molecule is CCCc1cc(Cc2ccc(N)cc2)ccc1CCCCCCCCCCc1ccc(Cc2ccc(N)cc2)cc1CCC. The molecule has 4 N–H and O–H groups in total. The van der Waals surface area contributed by atoms with E-state index in [0.29, 0.717) is 0 Å². The quantitative estimate of drug-likeness (QED) is 0.0845. The summed E-state index contributed by atoms with van der Waals surface area (Å²) in [4.78, 5) is 0. The lowest BCUT2D eigenvalue weighted by molar-refractivity contribution is 0.566. The number of hydrogen-bond donors (Lipinski definition) is 2. The van der Waals surface area contributed by atoms with E-state index < -0.39 is 0 Å². The van der Waals surface area contributed by atoms with Crippen LogP contribution in [0.2, 0.25) is 0 Å². The van der Waals surface area contributed by atoms with Crippen molar-refractivity contribution in [3.05, 3.63) is 129 Å². The molecule has 0 saturated heterocycles. The first-order valence-electron chi connectivity index (χ1n) is 17.4. The van der Waals surface area contributed by atoms with Gasteiger partial charge in [-0.1, -0.05) is 126 Å². The topological polar surface area (TPSA) is 52.0 Å². The minimum absolute atomic E-state index is 0.834. The Bertz CT molecular complexity index is 1280. The molecule has 0 bridgehead atoms. The molecule has 0 unspecified atom stereocenters. The van der Waals surface area contributed by atoms with Crippen LogP contribution in [0.25, 0.3) is 0 Å². The van der Waals surface area contributed by atoms with Crippen molar-refractivity contribution in [3.63, 3.8) is 0 Å². The van der Waals surface area contributed by atoms with Gasteiger partial charge in [0.05, 0.1) is 0 Å². The fourth-order valence-corrected chi connectivity index (χ4v) is 6.50. The van der Waals surface area contributed by atoms with E-state index in [1.807, 2.05) is 24.3 Å². The molecular weight excluding hydrogens is 532 g/mol. The van der Waals surface area contributed by atoms with Gasteiger partial charge in [-0.05, 0) is 120 Å². The summed E-state index contributed by atoms with van der Waals surface area (Å²) in [7, 11) is 0. The van der Waals surface area contributed by atoms with E-state index in [0.717, 1.165) is 24.2 Å². The zero-order valence-corrected chi connectivity index (χ0v) is 27.6. The lowest BCUT2D eigenvalue weighted by Gasteiger charge is -2.12. The fraction of sp³-hybridized carbons (Fsp3) is 0.429. The molecule has 0 saturated carbocycles. The molecule has 0 amide bonds. The van der Waals surface area contributed by atoms with Crippen molar-refractivity contribution >= 4 is 11.4 Å². The van der Waals surface area contributed by atoms with Crippen LogP contribution in [-0.4, -0.2) is 0 Å². The van der Waals surface area contributed by atoms with Gasteiger partial charge in [0.15, 0.2) is 0 Å². The average molecular weight is 589 g/mol. The highest BCUT2D eigenvalue weighted by Crippen LogP contribution is 2.22. The van der Waals surface area contributed by atoms with Crippen LogP contribution < -0.4 is 11.5 Å². The van der Waals surface area contributed by atoms with Crippen molar-refractivity contribution in [2.24, 2.45) is 0 Å². The van der Waals surface area contributed by atoms with Crippen LogP contribution in [0.3, 0.4) is 0 Å². The van der Waals surface area contributed by atoms with Gasteiger partial charge in [0.2, 0.25) is 0 Å². The van der Waals surface area contributed by atoms with Gasteiger partial charge in [-0.2, -0.15) is 0 Å². The van der Waals surface area contributed by atoms with Crippen LogP contribution in [0.4, 0.5) is 11.4 Å². The van der Waals surface area contributed by atoms with Crippen LogP contribution in [0.15, 0.2) is 84.9 Å². The molecule has 0 heterocycles. The molecule has 0 aliphatic rings. The summed E-state index contributed by atoms with van der Waals surface area (Å²) < 4.78 is 0. The predicted molar refractivity (Wildman–Crippen MR) is 193 cm³/mol. The number of benzene rings is 4. The minimum atomic E-state index is 0.834. The van der Waals surface area contributed by atoms with Gasteiger partial charge in [-0.25, -0.2) is 0 Å². The van der Waals surface area contributed by atoms with E-state index in [-0.39, 0.29) is 0 Å². The van der Waals surface area contributed by atoms with Gasteiger partial charge in [-0.3, -0.25) is 0 Å². The molecule has 2 nitrogen and oxygen atoms in total. The van der Waals surface area contributed by atoms with Crippen molar-refractivity contribution in [1.82, 2.24) is 0 Å². The summed E-state index contributed by atoms with van der Waals surface area (Å²) in [6.07, 6.45) is 20.0. The molecule has 0 spiro atoms. The Hall–Kier alpha value is -3.52. The smallest absolute Gasteiger partial charge is 0.0314 e. The van der Waals surface area contributed by atoms with Crippen LogP contribution in [0, 0.1) is 0 Å². The highest BCUT2D eigenvalue weighted by Gasteiger charge is 2.07. The lowest BCUT2D eigenvalue weighted by Crippen LogP contribution is -1.98. The summed E-state index contributed by atoms with van der Waals surface area (Å²) in [5, 5.41) is 0. The van der Waals surface area contributed by atoms with Crippen LogP contribution in [0.1, 0.15) is 123 Å². The normalized spacial score (nSPS) is 11.2. The highest BCUT2D eigenvalue weighted by atomic mass is 14.5. The minimum Gasteiger partial charge on any atom is -0.399 e. The molecule has 2 heteroatoms. The third-order valence-electron chi connectivity index (χ3n) is 9.00. The Morgan fingerprint density at radius 3 is 1.07 bits per heavy atom. The largest absolute Gasteiger partial charge is 0.399 e. The molecule has 4 aromatic carbocycles. The second-order valence-corrected chi connectivity index (χ2v) is 12.9. The maximum absolute atomic E-state index is 5.86. The van der Waals surface area contributed by atoms with E-state index in [1.54, 1.807) is 22.3 Å². The van der Waals surface area contributed by atoms with Gasteiger partial charge in [0.1, 0.15) is 0 Å². The van der Waals surface area contributed by atoms with Gasteiger partial charge >= 0.3 is 0 Å². The average Bonchev–Trinajstić information content (AvgIpc) is 3.02. The fourth-order valence-electron chi connectivity index (χ4n) is 6.50. The Labute approximate surface area is 268 Å². The van der Waals surface area contributed by atoms with Crippen molar-refractivity contribution in [3.8, 4) is 0 Å². The summed E-state index contributed by atoms with van der Waals surface area (Å²) in [5.74, 6) is 0. The maximum Gasteiger partial charge on any atom is 0.0314 e. The standard InChI is InChI=1S/C42H56N2/c1-3-13-39-31-35(29-33-19-25-41(43)26-20-33)17-23-37(39)15-11-9-7-5-6-8-10-12-16-38-24-18-36(32-40(38)14-4-2)30-34-21-27-42(44)28-22-34/h17-28,31-32H,3-16,29-30,43-44H2,1-2H3. The second-order valence-electron chi connectivity index (χ2n) is 12.9. The monoisotopic (exact) mass is 588 g/mol. The van der Waals surface area contributed by atoms with Crippen molar-refractivity contribution in [2.45, 2.75) is 117 Å². The highest BCUT2D eigenvalue weighted by molar-refractivity contribution is 5.43. The number of aryl methyl sites for hydroxylation is 4. The molecular formula is C42H56N2. The van der Waals surface area contributed by atoms with E-state index in [9.17, 15) is 0 Å². The van der Waals surface area contributed by atoms with Gasteiger partial charge in [0.25, 0.3) is 0 Å². The van der Waals surface area contributed by atoms with Crippen molar-refractivity contribution in [2.75, 3.05) is 11.5 Å². The number of rotatable bonds is 19. The maximum atomic E-state index is 5.86. The van der Waals surface area contributed by atoms with E-state index >= 15 is 0 Å². The molecule has 44 heavy (non-hydrogen) atoms. The molecule has 0 atom stereocenters. The predicted octanol–water partition coefficient (Wildman–Crippen LogP) is 10.8. The van der Waals surface area contributed by atoms with Crippen LogP contribution in [-0.2, 0) is 38.5 Å². The number of nitrogen functional groups attached to an aromatic ring is 2. The first-order valence-corrected chi connectivity index (χ1v) is 17.4. The first kappa shape index (κ1) is 33.4. The summed E-state index contributed by atoms with van der Waals surface area (Å²) in [6, 6.07) is 31.0. The van der Waals surface area contributed by atoms with Crippen molar-refractivity contribution in [1.29, 1.82) is 0 Å². The number of unbranched alkanes of at least 4 members (excludes halogenated alkanes) is 7. The molecule has 0 aromatic heterocycles. The summed E-state index contributed by atoms with van der Waals surface area (Å²) in [5.41, 5.74) is 25.1. The lowest BCUT2D eigenvalue weighted by atomic mass is 9.93. The van der Waals surface area contributed by atoms with Gasteiger partial charge < -0.3 is 11.5 Å². The third kappa shape index (κ3) is 11.2. The zero-order valence-electron chi connectivity index (χ0n) is 27.6. The molecule has 4 rings (SSSR count). The molecule has 4 aromatic rings. The number of nitrogens with two attached hydrogens (primary N) is 2. The first-order chi connectivity index (χ1) is 21.5. The van der Waals surface area contributed by atoms with Gasteiger partial charge in [-0.15, -0.1) is 0 Å². The second kappa shape index (κ2) is 18.3. The van der Waals surface area contributed by atoms with E-state index in [4.69, 9.17) is 11.5 Å². The Kier molecular flexibility index (Phi) is 13.9. The molecule has 0 aliphatic carbocycles. The van der Waals surface area contributed by atoms with Crippen LogP contribution >= 0.6 is 0 Å². The molecule has 234 valence electrons.